The van der Waals surface area contributed by atoms with Gasteiger partial charge in [-0.2, -0.15) is 4.89 Å². The number of carbonyl (C=O) groups is 3. The van der Waals surface area contributed by atoms with E-state index < -0.39 is 29.6 Å². The highest BCUT2D eigenvalue weighted by Crippen LogP contribution is 2.12. The van der Waals surface area contributed by atoms with Gasteiger partial charge in [0.1, 0.15) is 12.0 Å². The number of guanidine groups is 1. The zero-order valence-corrected chi connectivity index (χ0v) is 11.4. The summed E-state index contributed by atoms with van der Waals surface area (Å²) in [6, 6.07) is -0.885. The van der Waals surface area contributed by atoms with Gasteiger partial charge in [-0.05, 0) is 12.8 Å². The van der Waals surface area contributed by atoms with E-state index in [1.54, 1.807) is 0 Å². The minimum Gasteiger partial charge on any atom is -0.481 e. The third kappa shape index (κ3) is 6.92. The fourth-order valence-corrected chi connectivity index (χ4v) is 1.52. The smallest absolute Gasteiger partial charge is 0.389 e. The maximum absolute atomic E-state index is 11.4. The summed E-state index contributed by atoms with van der Waals surface area (Å²) >= 11 is 0. The Morgan fingerprint density at radius 1 is 1.43 bits per heavy atom. The molecule has 0 aromatic carbocycles. The molecule has 0 radical (unpaired) electrons. The average molecular weight is 302 g/mol. The van der Waals surface area contributed by atoms with Crippen molar-refractivity contribution in [3.8, 4) is 0 Å². The molecule has 0 aromatic heterocycles. The minimum atomic E-state index is -1.08. The van der Waals surface area contributed by atoms with E-state index in [0.29, 0.717) is 6.29 Å². The highest BCUT2D eigenvalue weighted by atomic mass is 17.2. The van der Waals surface area contributed by atoms with Gasteiger partial charge < -0.3 is 21.9 Å². The Morgan fingerprint density at radius 2 is 2.05 bits per heavy atom. The third-order valence-corrected chi connectivity index (χ3v) is 2.41. The van der Waals surface area contributed by atoms with Crippen LogP contribution in [0, 0.1) is 5.41 Å². The molecule has 1 unspecified atom stereocenters. The van der Waals surface area contributed by atoms with Gasteiger partial charge in [0.05, 0.1) is 13.2 Å². The maximum Gasteiger partial charge on any atom is 0.389 e. The van der Waals surface area contributed by atoms with Crippen LogP contribution < -0.4 is 16.8 Å². The third-order valence-electron chi connectivity index (χ3n) is 2.41. The summed E-state index contributed by atoms with van der Waals surface area (Å²) < 4.78 is 0. The number of hydrogen-bond acceptors (Lipinski definition) is 7. The van der Waals surface area contributed by atoms with Crippen LogP contribution >= 0.6 is 0 Å². The molecule has 0 aliphatic heterocycles. The molecule has 0 saturated heterocycles. The van der Waals surface area contributed by atoms with Crippen LogP contribution in [-0.4, -0.2) is 42.4 Å². The molecule has 0 aromatic rings. The number of aldehydes is 1. The van der Waals surface area contributed by atoms with Crippen LogP contribution in [0.1, 0.15) is 19.3 Å². The lowest BCUT2D eigenvalue weighted by Crippen LogP contribution is -2.42. The second kappa shape index (κ2) is 9.31. The van der Waals surface area contributed by atoms with Crippen LogP contribution in [-0.2, 0) is 24.2 Å². The highest BCUT2D eigenvalue weighted by Gasteiger charge is 2.22. The number of hydrogen-bond donors (Lipinski definition) is 5. The van der Waals surface area contributed by atoms with Gasteiger partial charge >= 0.3 is 11.9 Å². The van der Waals surface area contributed by atoms with E-state index in [9.17, 15) is 14.4 Å². The van der Waals surface area contributed by atoms with Gasteiger partial charge in [0.15, 0.2) is 5.96 Å². The number of carboxylic acid groups (broad SMARTS) is 1. The molecule has 21 heavy (non-hydrogen) atoms. The molecule has 10 heteroatoms. The monoisotopic (exact) mass is 302 g/mol. The SMILES string of the molecule is COOC(=O)/C(N)=C(/C=O)C(CCCC(=O)O)NC(=N)N. The van der Waals surface area contributed by atoms with E-state index in [0.717, 1.165) is 7.11 Å². The molecule has 7 N–H and O–H groups in total. The first-order valence-electron chi connectivity index (χ1n) is 5.85. The first-order valence-corrected chi connectivity index (χ1v) is 5.85. The van der Waals surface area contributed by atoms with Crippen LogP contribution in [0.15, 0.2) is 11.3 Å². The van der Waals surface area contributed by atoms with Gasteiger partial charge in [-0.25, -0.2) is 4.79 Å². The number of nitrogens with one attached hydrogen (secondary N) is 2. The Bertz CT molecular complexity index is 448. The standard InChI is InChI=1S/C11H18N4O6/c1-20-21-10(19)9(12)6(5-16)7(15-11(13)14)3-2-4-8(17)18/h5,7H,2-4,12H2,1H3,(H,17,18)(H4,13,14,15)/b9-6+. The van der Waals surface area contributed by atoms with E-state index in [4.69, 9.17) is 22.0 Å². The molecule has 0 rings (SSSR count). The summed E-state index contributed by atoms with van der Waals surface area (Å²) in [7, 11) is 1.09. The molecule has 0 fully saturated rings. The van der Waals surface area contributed by atoms with Crippen molar-refractivity contribution in [1.82, 2.24) is 5.32 Å². The first-order chi connectivity index (χ1) is 9.83. The van der Waals surface area contributed by atoms with Gasteiger partial charge in [0, 0.05) is 12.0 Å². The Morgan fingerprint density at radius 3 is 2.48 bits per heavy atom. The Balaban J connectivity index is 5.17. The molecule has 118 valence electrons. The van der Waals surface area contributed by atoms with Gasteiger partial charge in [-0.1, -0.05) is 0 Å². The topological polar surface area (TPSA) is 178 Å². The molecule has 0 spiro atoms. The van der Waals surface area contributed by atoms with Crippen LogP contribution in [0.3, 0.4) is 0 Å². The van der Waals surface area contributed by atoms with E-state index in [1.165, 1.54) is 0 Å². The summed E-state index contributed by atoms with van der Waals surface area (Å²) in [5, 5.41) is 18.2. The zero-order chi connectivity index (χ0) is 16.4. The summed E-state index contributed by atoms with van der Waals surface area (Å²) in [5.74, 6) is -2.55. The molecule has 0 aliphatic rings. The first kappa shape index (κ1) is 18.4. The predicted molar refractivity (Wildman–Crippen MR) is 70.7 cm³/mol. The van der Waals surface area contributed by atoms with Crippen LogP contribution in [0.25, 0.3) is 0 Å². The Hall–Kier alpha value is -2.62. The van der Waals surface area contributed by atoms with E-state index in [1.807, 2.05) is 0 Å². The number of rotatable bonds is 9. The predicted octanol–water partition coefficient (Wildman–Crippen LogP) is -1.39. The summed E-state index contributed by atoms with van der Waals surface area (Å²) in [6.07, 6.45) is 0.476. The molecule has 0 heterocycles. The molecule has 0 saturated carbocycles. The normalized spacial score (nSPS) is 12.8. The minimum absolute atomic E-state index is 0.126. The Labute approximate surface area is 120 Å². The van der Waals surface area contributed by atoms with E-state index >= 15 is 0 Å². The van der Waals surface area contributed by atoms with Crippen molar-refractivity contribution < 1.29 is 29.3 Å². The lowest BCUT2D eigenvalue weighted by Gasteiger charge is -2.19. The second-order valence-corrected chi connectivity index (χ2v) is 3.92. The van der Waals surface area contributed by atoms with Crippen LogP contribution in [0.2, 0.25) is 0 Å². The summed E-state index contributed by atoms with van der Waals surface area (Å²) in [5.41, 5.74) is 9.97. The van der Waals surface area contributed by atoms with Gasteiger partial charge in [-0.15, -0.1) is 0 Å². The van der Waals surface area contributed by atoms with Crippen molar-refractivity contribution in [2.45, 2.75) is 25.3 Å². The van der Waals surface area contributed by atoms with Gasteiger partial charge in [-0.3, -0.25) is 19.9 Å². The number of nitrogens with two attached hydrogens (primary N) is 2. The van der Waals surface area contributed by atoms with E-state index in [2.05, 4.69) is 15.1 Å². The molecular formula is C11H18N4O6. The fraction of sp³-hybridized carbons (Fsp3) is 0.455. The number of carbonyl (C=O) groups excluding carboxylic acids is 2. The maximum atomic E-state index is 11.4. The lowest BCUT2D eigenvalue weighted by atomic mass is 10.00. The van der Waals surface area contributed by atoms with Crippen LogP contribution in [0.4, 0.5) is 0 Å². The van der Waals surface area contributed by atoms with Crippen molar-refractivity contribution in [1.29, 1.82) is 5.41 Å². The molecule has 10 nitrogen and oxygen atoms in total. The molecule has 0 bridgehead atoms. The molecule has 0 aliphatic carbocycles. The summed E-state index contributed by atoms with van der Waals surface area (Å²) in [6.45, 7) is 0. The van der Waals surface area contributed by atoms with Crippen LogP contribution in [0.5, 0.6) is 0 Å². The molecule has 1 atom stereocenters. The Kier molecular flexibility index (Phi) is 8.15. The van der Waals surface area contributed by atoms with Crippen molar-refractivity contribution in [2.24, 2.45) is 11.5 Å². The quantitative estimate of drug-likeness (QED) is 0.0855. The van der Waals surface area contributed by atoms with Crippen molar-refractivity contribution in [3.05, 3.63) is 11.3 Å². The second-order valence-electron chi connectivity index (χ2n) is 3.92. The van der Waals surface area contributed by atoms with Crippen molar-refractivity contribution >= 4 is 24.2 Å². The van der Waals surface area contributed by atoms with Crippen molar-refractivity contribution in [2.75, 3.05) is 7.11 Å². The average Bonchev–Trinajstić information content (AvgIpc) is 2.38. The van der Waals surface area contributed by atoms with Crippen molar-refractivity contribution in [3.63, 3.8) is 0 Å². The highest BCUT2D eigenvalue weighted by molar-refractivity contribution is 5.95. The number of carboxylic acids is 1. The van der Waals surface area contributed by atoms with Gasteiger partial charge in [0.2, 0.25) is 0 Å². The molecule has 0 amide bonds. The number of aliphatic carboxylic acids is 1. The summed E-state index contributed by atoms with van der Waals surface area (Å²) in [4.78, 5) is 41.4. The van der Waals surface area contributed by atoms with Gasteiger partial charge in [0.25, 0.3) is 0 Å². The van der Waals surface area contributed by atoms with E-state index in [-0.39, 0.29) is 24.8 Å². The zero-order valence-electron chi connectivity index (χ0n) is 11.4. The fourth-order valence-electron chi connectivity index (χ4n) is 1.52. The molecular weight excluding hydrogens is 284 g/mol. The largest absolute Gasteiger partial charge is 0.481 e. The lowest BCUT2D eigenvalue weighted by molar-refractivity contribution is -0.250.